The van der Waals surface area contributed by atoms with E-state index in [0.29, 0.717) is 23.8 Å². The maximum absolute atomic E-state index is 13.4. The predicted octanol–water partition coefficient (Wildman–Crippen LogP) is 4.89. The number of H-pyrrole nitrogens is 1. The van der Waals surface area contributed by atoms with Crippen LogP contribution in [0.4, 0.5) is 11.4 Å². The zero-order valence-corrected chi connectivity index (χ0v) is 16.7. The maximum atomic E-state index is 13.4. The Labute approximate surface area is 173 Å². The predicted molar refractivity (Wildman–Crippen MR) is 118 cm³/mol. The number of nitrogen functional groups attached to an aromatic ring is 1. The van der Waals surface area contributed by atoms with Crippen LogP contribution in [0.2, 0.25) is 0 Å². The second-order valence-electron chi connectivity index (χ2n) is 7.35. The molecule has 6 heteroatoms. The topological polar surface area (TPSA) is 71.4 Å². The molecule has 2 heterocycles. The largest absolute Gasteiger partial charge is 0.497 e. The fourth-order valence-corrected chi connectivity index (χ4v) is 4.54. The Balaban J connectivity index is 1.62. The Kier molecular flexibility index (Phi) is 4.14. The van der Waals surface area contributed by atoms with Gasteiger partial charge in [-0.15, -0.1) is 11.6 Å². The number of benzene rings is 3. The summed E-state index contributed by atoms with van der Waals surface area (Å²) in [6, 6.07) is 17.5. The standard InChI is InChI=1S/C23H20ClN3O2/c1-29-15-6-7-19-13(8-15)9-20(26-19)23(28)27-12-14(11-24)22-17-5-3-2-4-16(17)18(25)10-21(22)27/h2-10,14,26H,11-12,25H2,1H3. The van der Waals surface area contributed by atoms with Gasteiger partial charge in [0.2, 0.25) is 0 Å². The molecule has 146 valence electrons. The number of fused-ring (bicyclic) bond motifs is 4. The van der Waals surface area contributed by atoms with Crippen molar-refractivity contribution >= 4 is 50.6 Å². The number of rotatable bonds is 3. The molecule has 1 aromatic heterocycles. The summed E-state index contributed by atoms with van der Waals surface area (Å²) in [4.78, 5) is 18.4. The molecular formula is C23H20ClN3O2. The van der Waals surface area contributed by atoms with E-state index in [4.69, 9.17) is 22.1 Å². The van der Waals surface area contributed by atoms with E-state index in [1.165, 1.54) is 0 Å². The minimum Gasteiger partial charge on any atom is -0.497 e. The number of halogens is 1. The molecule has 1 amide bonds. The molecule has 0 spiro atoms. The monoisotopic (exact) mass is 405 g/mol. The third-order valence-corrected chi connectivity index (χ3v) is 6.06. The number of amides is 1. The van der Waals surface area contributed by atoms with Gasteiger partial charge in [0.15, 0.2) is 0 Å². The molecule has 1 unspecified atom stereocenters. The summed E-state index contributed by atoms with van der Waals surface area (Å²) in [5.74, 6) is 1.16. The van der Waals surface area contributed by atoms with Crippen LogP contribution in [0, 0.1) is 0 Å². The third kappa shape index (κ3) is 2.73. The number of hydrogen-bond acceptors (Lipinski definition) is 3. The summed E-state index contributed by atoms with van der Waals surface area (Å²) in [5.41, 5.74) is 10.3. The van der Waals surface area contributed by atoms with Crippen LogP contribution >= 0.6 is 11.6 Å². The number of aromatic amines is 1. The van der Waals surface area contributed by atoms with Gasteiger partial charge >= 0.3 is 0 Å². The molecule has 3 aromatic carbocycles. The van der Waals surface area contributed by atoms with Gasteiger partial charge in [0.1, 0.15) is 11.4 Å². The molecule has 0 saturated carbocycles. The second-order valence-corrected chi connectivity index (χ2v) is 7.66. The molecular weight excluding hydrogens is 386 g/mol. The van der Waals surface area contributed by atoms with Gasteiger partial charge in [-0.05, 0) is 41.3 Å². The van der Waals surface area contributed by atoms with Gasteiger partial charge in [-0.1, -0.05) is 24.3 Å². The number of carbonyl (C=O) groups is 1. The molecule has 5 nitrogen and oxygen atoms in total. The molecule has 1 aliphatic rings. The molecule has 0 aliphatic carbocycles. The Hall–Kier alpha value is -3.18. The Morgan fingerprint density at radius 1 is 1.21 bits per heavy atom. The molecule has 0 radical (unpaired) electrons. The minimum absolute atomic E-state index is 0.0607. The Bertz CT molecular complexity index is 1260. The van der Waals surface area contributed by atoms with Gasteiger partial charge in [-0.25, -0.2) is 0 Å². The number of anilines is 2. The summed E-state index contributed by atoms with van der Waals surface area (Å²) in [5, 5.41) is 2.98. The number of nitrogens with two attached hydrogens (primary N) is 1. The van der Waals surface area contributed by atoms with Crippen molar-refractivity contribution in [1.29, 1.82) is 0 Å². The molecule has 0 bridgehead atoms. The van der Waals surface area contributed by atoms with Crippen LogP contribution < -0.4 is 15.4 Å². The molecule has 1 atom stereocenters. The summed E-state index contributed by atoms with van der Waals surface area (Å²) >= 11 is 6.30. The molecule has 1 aliphatic heterocycles. The van der Waals surface area contributed by atoms with Crippen molar-refractivity contribution in [3.8, 4) is 5.75 Å². The van der Waals surface area contributed by atoms with E-state index in [9.17, 15) is 4.79 Å². The quantitative estimate of drug-likeness (QED) is 0.376. The normalized spacial score (nSPS) is 15.8. The lowest BCUT2D eigenvalue weighted by Gasteiger charge is -2.18. The van der Waals surface area contributed by atoms with Gasteiger partial charge in [-0.2, -0.15) is 0 Å². The van der Waals surface area contributed by atoms with Gasteiger partial charge in [-0.3, -0.25) is 4.79 Å². The van der Waals surface area contributed by atoms with E-state index in [1.807, 2.05) is 54.6 Å². The first-order valence-electron chi connectivity index (χ1n) is 9.46. The van der Waals surface area contributed by atoms with E-state index in [-0.39, 0.29) is 11.8 Å². The highest BCUT2D eigenvalue weighted by Gasteiger charge is 2.35. The van der Waals surface area contributed by atoms with Crippen LogP contribution in [-0.2, 0) is 0 Å². The Morgan fingerprint density at radius 3 is 2.76 bits per heavy atom. The van der Waals surface area contributed by atoms with Crippen molar-refractivity contribution in [3.63, 3.8) is 0 Å². The van der Waals surface area contributed by atoms with Crippen molar-refractivity contribution in [2.45, 2.75) is 5.92 Å². The fraction of sp³-hybridized carbons (Fsp3) is 0.174. The molecule has 4 aromatic rings. The van der Waals surface area contributed by atoms with Crippen molar-refractivity contribution in [1.82, 2.24) is 4.98 Å². The summed E-state index contributed by atoms with van der Waals surface area (Å²) in [6.45, 7) is 0.532. The SMILES string of the molecule is COc1ccc2[nH]c(C(=O)N3CC(CCl)c4c3cc(N)c3ccccc43)cc2c1. The average Bonchev–Trinajstić information content (AvgIpc) is 3.34. The first-order chi connectivity index (χ1) is 14.1. The highest BCUT2D eigenvalue weighted by Crippen LogP contribution is 2.44. The first-order valence-corrected chi connectivity index (χ1v) is 10.00. The van der Waals surface area contributed by atoms with Gasteiger partial charge in [0.05, 0.1) is 12.8 Å². The summed E-state index contributed by atoms with van der Waals surface area (Å²) in [6.07, 6.45) is 0. The van der Waals surface area contributed by atoms with Crippen LogP contribution in [0.25, 0.3) is 21.7 Å². The number of carbonyl (C=O) groups excluding carboxylic acids is 1. The lowest BCUT2D eigenvalue weighted by molar-refractivity contribution is 0.0984. The van der Waals surface area contributed by atoms with E-state index in [0.717, 1.165) is 38.7 Å². The highest BCUT2D eigenvalue weighted by atomic mass is 35.5. The molecule has 5 rings (SSSR count). The van der Waals surface area contributed by atoms with Gasteiger partial charge in [0.25, 0.3) is 5.91 Å². The number of hydrogen-bond donors (Lipinski definition) is 2. The van der Waals surface area contributed by atoms with E-state index < -0.39 is 0 Å². The molecule has 29 heavy (non-hydrogen) atoms. The van der Waals surface area contributed by atoms with Gasteiger partial charge in [0, 0.05) is 40.3 Å². The number of nitrogens with one attached hydrogen (secondary N) is 1. The third-order valence-electron chi connectivity index (χ3n) is 5.69. The summed E-state index contributed by atoms with van der Waals surface area (Å²) < 4.78 is 5.28. The van der Waals surface area contributed by atoms with Crippen LogP contribution in [0.3, 0.4) is 0 Å². The van der Waals surface area contributed by atoms with E-state index >= 15 is 0 Å². The zero-order valence-electron chi connectivity index (χ0n) is 15.9. The molecule has 3 N–H and O–H groups in total. The van der Waals surface area contributed by atoms with Crippen molar-refractivity contribution in [2.75, 3.05) is 30.2 Å². The van der Waals surface area contributed by atoms with Crippen LogP contribution in [-0.4, -0.2) is 30.4 Å². The smallest absolute Gasteiger partial charge is 0.274 e. The van der Waals surface area contributed by atoms with E-state index in [2.05, 4.69) is 4.98 Å². The Morgan fingerprint density at radius 2 is 2.00 bits per heavy atom. The van der Waals surface area contributed by atoms with Crippen molar-refractivity contribution in [2.24, 2.45) is 0 Å². The zero-order chi connectivity index (χ0) is 20.1. The summed E-state index contributed by atoms with van der Waals surface area (Å²) in [7, 11) is 1.63. The maximum Gasteiger partial charge on any atom is 0.274 e. The fourth-order valence-electron chi connectivity index (χ4n) is 4.29. The number of ether oxygens (including phenoxy) is 1. The second kappa shape index (κ2) is 6.71. The molecule has 0 fully saturated rings. The van der Waals surface area contributed by atoms with Crippen LogP contribution in [0.15, 0.2) is 54.6 Å². The number of methoxy groups -OCH3 is 1. The lowest BCUT2D eigenvalue weighted by Crippen LogP contribution is -2.30. The van der Waals surface area contributed by atoms with Gasteiger partial charge < -0.3 is 20.4 Å². The number of aromatic nitrogens is 1. The lowest BCUT2D eigenvalue weighted by atomic mass is 9.95. The van der Waals surface area contributed by atoms with Crippen molar-refractivity contribution in [3.05, 3.63) is 65.9 Å². The first kappa shape index (κ1) is 17.9. The number of nitrogens with zero attached hydrogens (tertiary/aromatic N) is 1. The van der Waals surface area contributed by atoms with Crippen LogP contribution in [0.5, 0.6) is 5.75 Å². The minimum atomic E-state index is -0.0938. The highest BCUT2D eigenvalue weighted by molar-refractivity contribution is 6.19. The van der Waals surface area contributed by atoms with E-state index in [1.54, 1.807) is 12.0 Å². The van der Waals surface area contributed by atoms with Crippen LogP contribution in [0.1, 0.15) is 22.0 Å². The van der Waals surface area contributed by atoms with Crippen molar-refractivity contribution < 1.29 is 9.53 Å². The molecule has 0 saturated heterocycles. The number of alkyl halides is 1. The average molecular weight is 406 g/mol.